The maximum Gasteiger partial charge on any atom is 0.292 e. The van der Waals surface area contributed by atoms with Crippen molar-refractivity contribution in [3.8, 4) is 0 Å². The molecule has 0 spiro atoms. The fraction of sp³-hybridized carbons (Fsp3) is 0.278. The van der Waals surface area contributed by atoms with Crippen LogP contribution in [-0.4, -0.2) is 17.4 Å². The Kier molecular flexibility index (Phi) is 4.76. The zero-order chi connectivity index (χ0) is 18.0. The average molecular weight is 404 g/mol. The average Bonchev–Trinajstić information content (AvgIpc) is 2.54. The number of nitrogens with one attached hydrogen (secondary N) is 1. The number of carbonyl (C=O) groups excluding carboxylic acids is 1. The van der Waals surface area contributed by atoms with E-state index in [0.717, 1.165) is 23.7 Å². The van der Waals surface area contributed by atoms with E-state index in [0.29, 0.717) is 6.54 Å². The predicted molar refractivity (Wildman–Crippen MR) is 99.5 cm³/mol. The van der Waals surface area contributed by atoms with Crippen LogP contribution in [0.2, 0.25) is 0 Å². The van der Waals surface area contributed by atoms with Crippen LogP contribution >= 0.6 is 15.9 Å². The first-order valence-corrected chi connectivity index (χ1v) is 8.79. The summed E-state index contributed by atoms with van der Waals surface area (Å²) >= 11 is 3.49. The van der Waals surface area contributed by atoms with E-state index in [4.69, 9.17) is 5.73 Å². The first-order chi connectivity index (χ1) is 11.9. The molecule has 1 saturated carbocycles. The lowest BCUT2D eigenvalue weighted by atomic mass is 9.64. The highest BCUT2D eigenvalue weighted by Gasteiger charge is 2.39. The summed E-state index contributed by atoms with van der Waals surface area (Å²) in [4.78, 5) is 22.8. The Balaban J connectivity index is 1.75. The Bertz CT molecular complexity index is 834. The number of nitrogen functional groups attached to an aromatic ring is 1. The lowest BCUT2D eigenvalue weighted by molar-refractivity contribution is -0.383. The topological polar surface area (TPSA) is 98.3 Å². The third-order valence-corrected chi connectivity index (χ3v) is 5.32. The van der Waals surface area contributed by atoms with Crippen molar-refractivity contribution >= 4 is 33.2 Å². The fourth-order valence-corrected chi connectivity index (χ4v) is 3.58. The molecule has 0 atom stereocenters. The van der Waals surface area contributed by atoms with Crippen molar-refractivity contribution < 1.29 is 9.72 Å². The number of halogens is 1. The third-order valence-electron chi connectivity index (χ3n) is 4.82. The smallest absolute Gasteiger partial charge is 0.292 e. The second-order valence-corrected chi connectivity index (χ2v) is 7.27. The largest absolute Gasteiger partial charge is 0.393 e. The molecule has 130 valence electrons. The molecule has 3 N–H and O–H groups in total. The van der Waals surface area contributed by atoms with Crippen molar-refractivity contribution in [1.29, 1.82) is 0 Å². The molecule has 7 heteroatoms. The van der Waals surface area contributed by atoms with Crippen LogP contribution in [0.15, 0.2) is 46.9 Å². The highest BCUT2D eigenvalue weighted by atomic mass is 79.9. The quantitative estimate of drug-likeness (QED) is 0.450. The van der Waals surface area contributed by atoms with Crippen LogP contribution in [0, 0.1) is 10.1 Å². The molecule has 0 aromatic heterocycles. The number of nitrogens with zero attached hydrogens (tertiary/aromatic N) is 1. The molecule has 0 bridgehead atoms. The molecule has 1 aliphatic carbocycles. The molecule has 1 amide bonds. The molecule has 0 radical (unpaired) electrons. The summed E-state index contributed by atoms with van der Waals surface area (Å²) in [5, 5.41) is 13.9. The van der Waals surface area contributed by atoms with E-state index in [1.165, 1.54) is 23.8 Å². The van der Waals surface area contributed by atoms with Crippen molar-refractivity contribution in [2.75, 3.05) is 12.3 Å². The Morgan fingerprint density at radius 2 is 2.04 bits per heavy atom. The predicted octanol–water partition coefficient (Wildman–Crippen LogP) is 3.79. The normalized spacial score (nSPS) is 15.2. The zero-order valence-electron chi connectivity index (χ0n) is 13.5. The van der Waals surface area contributed by atoms with E-state index in [1.807, 2.05) is 12.1 Å². The zero-order valence-corrected chi connectivity index (χ0v) is 15.1. The summed E-state index contributed by atoms with van der Waals surface area (Å²) in [6.07, 6.45) is 3.13. The first-order valence-electron chi connectivity index (χ1n) is 7.99. The van der Waals surface area contributed by atoms with Gasteiger partial charge in [0.25, 0.3) is 11.6 Å². The van der Waals surface area contributed by atoms with Gasteiger partial charge in [0.15, 0.2) is 0 Å². The van der Waals surface area contributed by atoms with Gasteiger partial charge in [0, 0.05) is 28.1 Å². The van der Waals surface area contributed by atoms with Crippen LogP contribution in [0.4, 0.5) is 11.4 Å². The minimum Gasteiger partial charge on any atom is -0.393 e. The van der Waals surface area contributed by atoms with Crippen LogP contribution in [0.5, 0.6) is 0 Å². The Labute approximate surface area is 153 Å². The second kappa shape index (κ2) is 6.84. The maximum absolute atomic E-state index is 12.4. The van der Waals surface area contributed by atoms with Crippen LogP contribution in [0.25, 0.3) is 0 Å². The molecule has 2 aromatic rings. The number of amides is 1. The molecule has 0 heterocycles. The number of benzene rings is 2. The number of hydrogen-bond acceptors (Lipinski definition) is 4. The fourth-order valence-electron chi connectivity index (χ4n) is 3.18. The molecule has 0 saturated heterocycles. The molecular formula is C18H18BrN3O3. The van der Waals surface area contributed by atoms with Gasteiger partial charge < -0.3 is 11.1 Å². The van der Waals surface area contributed by atoms with E-state index >= 15 is 0 Å². The van der Waals surface area contributed by atoms with Gasteiger partial charge in [-0.25, -0.2) is 0 Å². The number of nitrogens with two attached hydrogens (primary N) is 1. The van der Waals surface area contributed by atoms with Crippen LogP contribution in [-0.2, 0) is 5.41 Å². The van der Waals surface area contributed by atoms with Crippen molar-refractivity contribution in [2.24, 2.45) is 0 Å². The van der Waals surface area contributed by atoms with E-state index in [-0.39, 0.29) is 28.3 Å². The van der Waals surface area contributed by atoms with Crippen molar-refractivity contribution in [2.45, 2.75) is 24.7 Å². The van der Waals surface area contributed by atoms with Crippen LogP contribution < -0.4 is 11.1 Å². The number of nitro groups is 1. The summed E-state index contributed by atoms with van der Waals surface area (Å²) < 4.78 is 1.01. The summed E-state index contributed by atoms with van der Waals surface area (Å²) in [6.45, 7) is 0.500. The summed E-state index contributed by atoms with van der Waals surface area (Å²) in [7, 11) is 0. The van der Waals surface area contributed by atoms with Gasteiger partial charge in [0.1, 0.15) is 5.69 Å². The number of hydrogen-bond donors (Lipinski definition) is 2. The molecular weight excluding hydrogens is 386 g/mol. The first kappa shape index (κ1) is 17.4. The highest BCUT2D eigenvalue weighted by molar-refractivity contribution is 9.10. The van der Waals surface area contributed by atoms with Gasteiger partial charge in [-0.1, -0.05) is 34.5 Å². The Morgan fingerprint density at radius 3 is 2.64 bits per heavy atom. The van der Waals surface area contributed by atoms with Gasteiger partial charge in [0.05, 0.1) is 4.92 Å². The Hall–Kier alpha value is -2.41. The van der Waals surface area contributed by atoms with Crippen LogP contribution in [0.3, 0.4) is 0 Å². The van der Waals surface area contributed by atoms with Crippen molar-refractivity contribution in [3.63, 3.8) is 0 Å². The maximum atomic E-state index is 12.4. The summed E-state index contributed by atoms with van der Waals surface area (Å²) in [6, 6.07) is 12.2. The molecule has 0 unspecified atom stereocenters. The van der Waals surface area contributed by atoms with Gasteiger partial charge in [-0.05, 0) is 42.7 Å². The molecule has 6 nitrogen and oxygen atoms in total. The lowest BCUT2D eigenvalue weighted by Crippen LogP contribution is -2.45. The molecule has 0 aliphatic heterocycles. The monoisotopic (exact) mass is 403 g/mol. The molecule has 25 heavy (non-hydrogen) atoms. The van der Waals surface area contributed by atoms with E-state index < -0.39 is 4.92 Å². The molecule has 1 aliphatic rings. The van der Waals surface area contributed by atoms with Gasteiger partial charge in [-0.2, -0.15) is 0 Å². The van der Waals surface area contributed by atoms with E-state index in [9.17, 15) is 14.9 Å². The molecule has 2 aromatic carbocycles. The number of anilines is 1. The Morgan fingerprint density at radius 1 is 1.28 bits per heavy atom. The highest BCUT2D eigenvalue weighted by Crippen LogP contribution is 2.43. The third kappa shape index (κ3) is 3.51. The van der Waals surface area contributed by atoms with Gasteiger partial charge in [0.2, 0.25) is 0 Å². The number of rotatable bonds is 5. The van der Waals surface area contributed by atoms with E-state index in [2.05, 4.69) is 33.4 Å². The second-order valence-electron chi connectivity index (χ2n) is 6.36. The van der Waals surface area contributed by atoms with Crippen molar-refractivity contribution in [1.82, 2.24) is 5.32 Å². The van der Waals surface area contributed by atoms with Gasteiger partial charge >= 0.3 is 0 Å². The minimum atomic E-state index is -0.582. The lowest BCUT2D eigenvalue weighted by Gasteiger charge is -2.42. The van der Waals surface area contributed by atoms with Gasteiger partial charge in [-0.15, -0.1) is 0 Å². The molecule has 3 rings (SSSR count). The standard InChI is InChI=1S/C18H18BrN3O3/c19-14-4-1-3-13(10-14)18(7-2-8-18)11-21-17(23)12-5-6-15(20)16(9-12)22(24)25/h1,3-6,9-10H,2,7-8,11,20H2,(H,21,23). The SMILES string of the molecule is Nc1ccc(C(=O)NCC2(c3cccc(Br)c3)CCC2)cc1[N+](=O)[O-]. The number of nitro benzene ring substituents is 1. The van der Waals surface area contributed by atoms with Crippen molar-refractivity contribution in [3.05, 3.63) is 68.2 Å². The van der Waals surface area contributed by atoms with E-state index in [1.54, 1.807) is 0 Å². The minimum absolute atomic E-state index is 0.0474. The summed E-state index contributed by atoms with van der Waals surface area (Å²) in [5.41, 5.74) is 6.73. The van der Waals surface area contributed by atoms with Crippen LogP contribution in [0.1, 0.15) is 35.2 Å². The van der Waals surface area contributed by atoms with Gasteiger partial charge in [-0.3, -0.25) is 14.9 Å². The summed E-state index contributed by atoms with van der Waals surface area (Å²) in [5.74, 6) is -0.329. The molecule has 1 fully saturated rings. The number of carbonyl (C=O) groups is 1.